The minimum Gasteiger partial charge on any atom is -0.0811 e. The van der Waals surface area contributed by atoms with Crippen LogP contribution in [-0.4, -0.2) is 0 Å². The molecule has 32 valence electrons. The zero-order valence-electron chi connectivity index (χ0n) is 3.89. The fraction of sp³-hybridized carbons (Fsp3) is 0.167. The normalized spacial score (nSPS) is 9.50. The third kappa shape index (κ3) is 3.48. The molecule has 6 heavy (non-hydrogen) atoms. The first-order chi connectivity index (χ1) is 2.91. The van der Waals surface area contributed by atoms with Crippen LogP contribution >= 0.6 is 0 Å². The smallest absolute Gasteiger partial charge is 0.0198 e. The summed E-state index contributed by atoms with van der Waals surface area (Å²) < 4.78 is 0. The molecule has 0 rings (SSSR count). The molecule has 0 aromatic carbocycles. The summed E-state index contributed by atoms with van der Waals surface area (Å²) in [7, 11) is 0. The highest BCUT2D eigenvalue weighted by Gasteiger charge is 1.56. The second kappa shape index (κ2) is 4.48. The first-order valence-corrected chi connectivity index (χ1v) is 1.91. The van der Waals surface area contributed by atoms with Crippen molar-refractivity contribution in [3.8, 4) is 0 Å². The van der Waals surface area contributed by atoms with Crippen molar-refractivity contribution in [3.63, 3.8) is 0 Å². The Hall–Kier alpha value is -0.520. The second-order valence-electron chi connectivity index (χ2n) is 0.911. The molecule has 0 heteroatoms. The molecule has 0 aromatic rings. The Balaban J connectivity index is 2.94. The van der Waals surface area contributed by atoms with Gasteiger partial charge in [0.25, 0.3) is 0 Å². The number of rotatable bonds is 2. The van der Waals surface area contributed by atoms with Crippen molar-refractivity contribution in [1.29, 1.82) is 0 Å². The molecule has 0 spiro atoms. The van der Waals surface area contributed by atoms with E-state index < -0.39 is 0 Å². The lowest BCUT2D eigenvalue weighted by Crippen LogP contribution is -1.48. The lowest BCUT2D eigenvalue weighted by molar-refractivity contribution is 1.56. The van der Waals surface area contributed by atoms with E-state index in [1.807, 2.05) is 19.4 Å². The van der Waals surface area contributed by atoms with E-state index in [0.717, 1.165) is 0 Å². The van der Waals surface area contributed by atoms with Crippen molar-refractivity contribution in [2.75, 3.05) is 0 Å². The average Bonchev–Trinajstić information content (AvgIpc) is 1.61. The fourth-order valence-electron chi connectivity index (χ4n) is 0.175. The van der Waals surface area contributed by atoms with Crippen molar-refractivity contribution in [3.05, 3.63) is 31.2 Å². The summed E-state index contributed by atoms with van der Waals surface area (Å²) in [5, 5.41) is 0. The van der Waals surface area contributed by atoms with E-state index in [9.17, 15) is 0 Å². The predicted octanol–water partition coefficient (Wildman–Crippen LogP) is 1.76. The van der Waals surface area contributed by atoms with Crippen molar-refractivity contribution in [2.24, 2.45) is 0 Å². The number of hydrogen-bond donors (Lipinski definition) is 0. The van der Waals surface area contributed by atoms with Crippen LogP contribution in [0.2, 0.25) is 0 Å². The molecule has 0 amide bonds. The van der Waals surface area contributed by atoms with Gasteiger partial charge in [-0.05, 0) is 6.42 Å². The monoisotopic (exact) mass is 80.1 g/mol. The minimum atomic E-state index is 1.50. The zero-order chi connectivity index (χ0) is 4.83. The summed E-state index contributed by atoms with van der Waals surface area (Å²) in [4.78, 5) is 0. The van der Waals surface area contributed by atoms with Crippen LogP contribution in [0.5, 0.6) is 0 Å². The molecule has 0 saturated carbocycles. The van der Waals surface area contributed by atoms with E-state index in [1.54, 1.807) is 6.08 Å². The van der Waals surface area contributed by atoms with Gasteiger partial charge in [-0.25, -0.2) is 0 Å². The Morgan fingerprint density at radius 2 is 2.00 bits per heavy atom. The first-order valence-electron chi connectivity index (χ1n) is 1.91. The van der Waals surface area contributed by atoms with Crippen molar-refractivity contribution < 1.29 is 0 Å². The van der Waals surface area contributed by atoms with Gasteiger partial charge in [0.1, 0.15) is 0 Å². The van der Waals surface area contributed by atoms with Gasteiger partial charge in [-0.2, -0.15) is 0 Å². The lowest BCUT2D eigenvalue weighted by Gasteiger charge is -1.66. The third-order valence-corrected chi connectivity index (χ3v) is 0.415. The van der Waals surface area contributed by atoms with Crippen LogP contribution in [-0.2, 0) is 0 Å². The zero-order valence-corrected chi connectivity index (χ0v) is 3.89. The summed E-state index contributed by atoms with van der Waals surface area (Å²) in [6, 6.07) is 0. The Morgan fingerprint density at radius 3 is 2.17 bits per heavy atom. The summed E-state index contributed by atoms with van der Waals surface area (Å²) in [5.41, 5.74) is 0. The summed E-state index contributed by atoms with van der Waals surface area (Å²) in [6.45, 7) is 6.93. The molecule has 0 aliphatic heterocycles. The van der Waals surface area contributed by atoms with Gasteiger partial charge in [0, 0.05) is 0 Å². The van der Waals surface area contributed by atoms with Gasteiger partial charge in [0.15, 0.2) is 0 Å². The molecule has 0 bridgehead atoms. The van der Waals surface area contributed by atoms with Gasteiger partial charge >= 0.3 is 0 Å². The molecular weight excluding hydrogens is 72.1 g/mol. The van der Waals surface area contributed by atoms with Crippen LogP contribution in [0.4, 0.5) is 0 Å². The van der Waals surface area contributed by atoms with E-state index in [1.165, 1.54) is 6.08 Å². The first kappa shape index (κ1) is 5.48. The van der Waals surface area contributed by atoms with E-state index in [-0.39, 0.29) is 0 Å². The van der Waals surface area contributed by atoms with Crippen molar-refractivity contribution in [1.82, 2.24) is 0 Å². The highest BCUT2D eigenvalue weighted by molar-refractivity contribution is 5.01. The second-order valence-corrected chi connectivity index (χ2v) is 0.911. The maximum absolute atomic E-state index is 4.98. The van der Waals surface area contributed by atoms with E-state index in [4.69, 9.17) is 6.58 Å². The molecule has 2 radical (unpaired) electrons. The van der Waals surface area contributed by atoms with Crippen LogP contribution < -0.4 is 0 Å². The molecule has 0 saturated heterocycles. The Bertz CT molecular complexity index is 51.1. The maximum atomic E-state index is 4.98. The fourth-order valence-corrected chi connectivity index (χ4v) is 0.175. The average molecular weight is 80.1 g/mol. The molecule has 0 heterocycles. The standard InChI is InChI=1S/C6H8/c1-3-5-6-4-2/h1,3-6H,2H3/b3-1?,6-5+. The van der Waals surface area contributed by atoms with Crippen LogP contribution in [0.3, 0.4) is 0 Å². The molecule has 0 aliphatic rings. The van der Waals surface area contributed by atoms with Crippen LogP contribution in [0.15, 0.2) is 18.2 Å². The van der Waals surface area contributed by atoms with Gasteiger partial charge in [-0.1, -0.05) is 31.7 Å². The Kier molecular flexibility index (Phi) is 4.09. The SMILES string of the molecule is [CH]=C/C=C/[CH]C. The topological polar surface area (TPSA) is 0 Å². The molecule has 0 unspecified atom stereocenters. The molecule has 0 aliphatic carbocycles. The Morgan fingerprint density at radius 1 is 1.33 bits per heavy atom. The van der Waals surface area contributed by atoms with Crippen molar-refractivity contribution in [2.45, 2.75) is 6.92 Å². The minimum absolute atomic E-state index is 1.50. The van der Waals surface area contributed by atoms with Gasteiger partial charge in [0.05, 0.1) is 0 Å². The summed E-state index contributed by atoms with van der Waals surface area (Å²) in [5.74, 6) is 0. The highest BCUT2D eigenvalue weighted by atomic mass is 13.6. The van der Waals surface area contributed by atoms with E-state index >= 15 is 0 Å². The van der Waals surface area contributed by atoms with Crippen LogP contribution in [0.1, 0.15) is 6.92 Å². The third-order valence-electron chi connectivity index (χ3n) is 0.415. The predicted molar refractivity (Wildman–Crippen MR) is 28.0 cm³/mol. The van der Waals surface area contributed by atoms with E-state index in [2.05, 4.69) is 0 Å². The largest absolute Gasteiger partial charge is 0.0811 e. The van der Waals surface area contributed by atoms with E-state index in [0.29, 0.717) is 0 Å². The van der Waals surface area contributed by atoms with Crippen LogP contribution in [0, 0.1) is 13.0 Å². The number of hydrogen-bond acceptors (Lipinski definition) is 0. The lowest BCUT2D eigenvalue weighted by atomic mass is 10.4. The molecular formula is C6H8. The molecule has 0 aromatic heterocycles. The van der Waals surface area contributed by atoms with Gasteiger partial charge in [-0.15, -0.1) is 0 Å². The van der Waals surface area contributed by atoms with Gasteiger partial charge in [0.2, 0.25) is 0 Å². The molecule has 0 atom stereocenters. The summed E-state index contributed by atoms with van der Waals surface area (Å²) in [6.07, 6.45) is 7.07. The maximum Gasteiger partial charge on any atom is -0.0198 e. The summed E-state index contributed by atoms with van der Waals surface area (Å²) >= 11 is 0. The number of allylic oxidation sites excluding steroid dienone is 3. The highest BCUT2D eigenvalue weighted by Crippen LogP contribution is 1.74. The molecule has 0 N–H and O–H groups in total. The van der Waals surface area contributed by atoms with Gasteiger partial charge < -0.3 is 0 Å². The molecule has 0 nitrogen and oxygen atoms in total. The van der Waals surface area contributed by atoms with Crippen molar-refractivity contribution >= 4 is 0 Å². The quantitative estimate of drug-likeness (QED) is 0.443. The van der Waals surface area contributed by atoms with Gasteiger partial charge in [-0.3, -0.25) is 0 Å². The van der Waals surface area contributed by atoms with Crippen LogP contribution in [0.25, 0.3) is 0 Å². The Labute approximate surface area is 39.2 Å². The molecule has 0 fully saturated rings.